The third-order valence-electron chi connectivity index (χ3n) is 4.18. The van der Waals surface area contributed by atoms with Gasteiger partial charge in [0.05, 0.1) is 19.8 Å². The molecule has 0 spiro atoms. The minimum Gasteiger partial charge on any atom is -0.496 e. The van der Waals surface area contributed by atoms with Gasteiger partial charge in [0.25, 0.3) is 11.8 Å². The van der Waals surface area contributed by atoms with Gasteiger partial charge in [0.2, 0.25) is 0 Å². The highest BCUT2D eigenvalue weighted by molar-refractivity contribution is 5.96. The number of hydrogen-bond donors (Lipinski definition) is 2. The van der Waals surface area contributed by atoms with Gasteiger partial charge in [-0.1, -0.05) is 0 Å². The van der Waals surface area contributed by atoms with Gasteiger partial charge in [0.15, 0.2) is 0 Å². The second-order valence-electron chi connectivity index (χ2n) is 6.09. The standard InChI is InChI=1S/C20H21F3N2O4/c1-12-16(28-2)10-14(11-17(12)29-3)19(27)25-9-8-24-18(26)13-4-6-15(7-5-13)20(21,22)23/h4-7,10-11H,8-9H2,1-3H3,(H,24,26)(H,25,27). The highest BCUT2D eigenvalue weighted by atomic mass is 19.4. The van der Waals surface area contributed by atoms with E-state index in [1.165, 1.54) is 14.2 Å². The lowest BCUT2D eigenvalue weighted by molar-refractivity contribution is -0.137. The van der Waals surface area contributed by atoms with Gasteiger partial charge in [-0.2, -0.15) is 13.2 Å². The minimum atomic E-state index is -4.46. The SMILES string of the molecule is COc1cc(C(=O)NCCNC(=O)c2ccc(C(F)(F)F)cc2)cc(OC)c1C. The summed E-state index contributed by atoms with van der Waals surface area (Å²) in [7, 11) is 2.97. The molecular weight excluding hydrogens is 389 g/mol. The number of carbonyl (C=O) groups excluding carboxylic acids is 2. The van der Waals surface area contributed by atoms with E-state index in [1.807, 2.05) is 0 Å². The first kappa shape index (κ1) is 22.1. The second kappa shape index (κ2) is 9.31. The normalized spacial score (nSPS) is 11.0. The summed E-state index contributed by atoms with van der Waals surface area (Å²) in [6, 6.07) is 7.04. The molecule has 9 heteroatoms. The van der Waals surface area contributed by atoms with Crippen molar-refractivity contribution in [2.24, 2.45) is 0 Å². The molecule has 6 nitrogen and oxygen atoms in total. The number of alkyl halides is 3. The lowest BCUT2D eigenvalue weighted by Gasteiger charge is -2.13. The summed E-state index contributed by atoms with van der Waals surface area (Å²) in [5.41, 5.74) is 0.358. The summed E-state index contributed by atoms with van der Waals surface area (Å²) in [5, 5.41) is 5.18. The van der Waals surface area contributed by atoms with E-state index >= 15 is 0 Å². The minimum absolute atomic E-state index is 0.0948. The molecule has 156 valence electrons. The zero-order valence-electron chi connectivity index (χ0n) is 16.1. The molecule has 2 aromatic carbocycles. The van der Waals surface area contributed by atoms with Gasteiger partial charge in [-0.05, 0) is 43.3 Å². The van der Waals surface area contributed by atoms with Gasteiger partial charge >= 0.3 is 6.18 Å². The Morgan fingerprint density at radius 2 is 1.31 bits per heavy atom. The number of halogens is 3. The monoisotopic (exact) mass is 410 g/mol. The van der Waals surface area contributed by atoms with E-state index in [0.29, 0.717) is 17.1 Å². The average molecular weight is 410 g/mol. The number of carbonyl (C=O) groups is 2. The number of amides is 2. The molecule has 2 amide bonds. The van der Waals surface area contributed by atoms with Crippen molar-refractivity contribution in [3.63, 3.8) is 0 Å². The highest BCUT2D eigenvalue weighted by Crippen LogP contribution is 2.30. The summed E-state index contributed by atoms with van der Waals surface area (Å²) in [4.78, 5) is 24.3. The second-order valence-corrected chi connectivity index (χ2v) is 6.09. The summed E-state index contributed by atoms with van der Waals surface area (Å²) in [6.45, 7) is 2.03. The molecule has 0 atom stereocenters. The van der Waals surface area contributed by atoms with Crippen molar-refractivity contribution in [2.75, 3.05) is 27.3 Å². The Labute approximate surface area is 166 Å². The Morgan fingerprint density at radius 3 is 1.72 bits per heavy atom. The Kier molecular flexibility index (Phi) is 7.08. The van der Waals surface area contributed by atoms with Crippen LogP contribution in [0.2, 0.25) is 0 Å². The van der Waals surface area contributed by atoms with E-state index in [0.717, 1.165) is 29.8 Å². The molecule has 0 bridgehead atoms. The molecule has 0 aliphatic rings. The van der Waals surface area contributed by atoms with Gasteiger partial charge in [-0.15, -0.1) is 0 Å². The molecule has 0 aliphatic heterocycles. The van der Waals surface area contributed by atoms with Gasteiger partial charge in [-0.25, -0.2) is 0 Å². The number of benzene rings is 2. The van der Waals surface area contributed by atoms with Gasteiger partial charge < -0.3 is 20.1 Å². The number of methoxy groups -OCH3 is 2. The molecule has 0 aliphatic carbocycles. The molecule has 2 N–H and O–H groups in total. The van der Waals surface area contributed by atoms with Crippen LogP contribution in [-0.4, -0.2) is 39.1 Å². The van der Waals surface area contributed by atoms with E-state index in [-0.39, 0.29) is 24.6 Å². The largest absolute Gasteiger partial charge is 0.496 e. The molecule has 29 heavy (non-hydrogen) atoms. The lowest BCUT2D eigenvalue weighted by atomic mass is 10.1. The third kappa shape index (κ3) is 5.63. The van der Waals surface area contributed by atoms with Crippen molar-refractivity contribution in [2.45, 2.75) is 13.1 Å². The molecular formula is C20H21F3N2O4. The first-order valence-electron chi connectivity index (χ1n) is 8.63. The Balaban J connectivity index is 1.89. The Hall–Kier alpha value is -3.23. The first-order valence-corrected chi connectivity index (χ1v) is 8.63. The molecule has 0 saturated heterocycles. The first-order chi connectivity index (χ1) is 13.7. The van der Waals surface area contributed by atoms with Crippen LogP contribution in [-0.2, 0) is 6.18 Å². The molecule has 0 saturated carbocycles. The van der Waals surface area contributed by atoms with Crippen molar-refractivity contribution >= 4 is 11.8 Å². The predicted octanol–water partition coefficient (Wildman–Crippen LogP) is 3.19. The van der Waals surface area contributed by atoms with Crippen molar-refractivity contribution in [3.05, 3.63) is 58.7 Å². The van der Waals surface area contributed by atoms with E-state index in [1.54, 1.807) is 19.1 Å². The zero-order valence-corrected chi connectivity index (χ0v) is 16.1. The van der Waals surface area contributed by atoms with Crippen LogP contribution in [0.15, 0.2) is 36.4 Å². The predicted molar refractivity (Wildman–Crippen MR) is 100 cm³/mol. The van der Waals surface area contributed by atoms with Gasteiger partial charge in [0.1, 0.15) is 11.5 Å². The molecule has 0 heterocycles. The van der Waals surface area contributed by atoms with Crippen LogP contribution >= 0.6 is 0 Å². The number of ether oxygens (including phenoxy) is 2. The summed E-state index contributed by atoms with van der Waals surface area (Å²) < 4.78 is 48.1. The average Bonchev–Trinajstić information content (AvgIpc) is 2.70. The van der Waals surface area contributed by atoms with Crippen molar-refractivity contribution in [3.8, 4) is 11.5 Å². The summed E-state index contributed by atoms with van der Waals surface area (Å²) >= 11 is 0. The summed E-state index contributed by atoms with van der Waals surface area (Å²) in [5.74, 6) is 0.0900. The van der Waals surface area contributed by atoms with Crippen LogP contribution < -0.4 is 20.1 Å². The number of rotatable bonds is 7. The maximum Gasteiger partial charge on any atom is 0.416 e. The smallest absolute Gasteiger partial charge is 0.416 e. The Morgan fingerprint density at radius 1 is 0.862 bits per heavy atom. The van der Waals surface area contributed by atoms with E-state index in [9.17, 15) is 22.8 Å². The van der Waals surface area contributed by atoms with E-state index < -0.39 is 17.6 Å². The maximum absolute atomic E-state index is 12.5. The van der Waals surface area contributed by atoms with Crippen LogP contribution in [0.4, 0.5) is 13.2 Å². The fourth-order valence-electron chi connectivity index (χ4n) is 2.58. The third-order valence-corrected chi connectivity index (χ3v) is 4.18. The van der Waals surface area contributed by atoms with E-state index in [4.69, 9.17) is 9.47 Å². The van der Waals surface area contributed by atoms with Gasteiger partial charge in [0, 0.05) is 29.8 Å². The van der Waals surface area contributed by atoms with Crippen LogP contribution in [0, 0.1) is 6.92 Å². The molecule has 2 aromatic rings. The molecule has 2 rings (SSSR count). The van der Waals surface area contributed by atoms with Crippen LogP contribution in [0.5, 0.6) is 11.5 Å². The van der Waals surface area contributed by atoms with Crippen molar-refractivity contribution in [1.29, 1.82) is 0 Å². The van der Waals surface area contributed by atoms with Crippen LogP contribution in [0.25, 0.3) is 0 Å². The number of hydrogen-bond acceptors (Lipinski definition) is 4. The molecule has 0 radical (unpaired) electrons. The van der Waals surface area contributed by atoms with E-state index in [2.05, 4.69) is 10.6 Å². The molecule has 0 aromatic heterocycles. The summed E-state index contributed by atoms with van der Waals surface area (Å²) in [6.07, 6.45) is -4.46. The Bertz CT molecular complexity index is 855. The van der Waals surface area contributed by atoms with Crippen molar-refractivity contribution < 1.29 is 32.2 Å². The van der Waals surface area contributed by atoms with Crippen molar-refractivity contribution in [1.82, 2.24) is 10.6 Å². The van der Waals surface area contributed by atoms with Crippen LogP contribution in [0.1, 0.15) is 31.8 Å². The fourth-order valence-corrected chi connectivity index (χ4v) is 2.58. The maximum atomic E-state index is 12.5. The quantitative estimate of drug-likeness (QED) is 0.688. The number of nitrogens with one attached hydrogen (secondary N) is 2. The molecule has 0 fully saturated rings. The lowest BCUT2D eigenvalue weighted by Crippen LogP contribution is -2.34. The van der Waals surface area contributed by atoms with Crippen LogP contribution in [0.3, 0.4) is 0 Å². The van der Waals surface area contributed by atoms with Gasteiger partial charge in [-0.3, -0.25) is 9.59 Å². The fraction of sp³-hybridized carbons (Fsp3) is 0.300. The topological polar surface area (TPSA) is 76.7 Å². The highest BCUT2D eigenvalue weighted by Gasteiger charge is 2.30. The zero-order chi connectivity index (χ0) is 21.6. The molecule has 0 unspecified atom stereocenters.